The van der Waals surface area contributed by atoms with Crippen LogP contribution in [0.1, 0.15) is 13.3 Å². The summed E-state index contributed by atoms with van der Waals surface area (Å²) in [5.74, 6) is -0.747. The van der Waals surface area contributed by atoms with Gasteiger partial charge < -0.3 is 15.1 Å². The van der Waals surface area contributed by atoms with Gasteiger partial charge in [0.2, 0.25) is 11.8 Å². The smallest absolute Gasteiger partial charge is 0.246 e. The number of likely N-dealkylation sites (N-methyl/N-ethyl adjacent to an activating group) is 1. The largest absolute Gasteiger partial charge is 0.348 e. The Morgan fingerprint density at radius 1 is 1.36 bits per heavy atom. The average molecular weight is 342 g/mol. The molecule has 1 aliphatic rings. The molecule has 1 aromatic heterocycles. The molecule has 3 rings (SSSR count). The number of anilines is 3. The van der Waals surface area contributed by atoms with E-state index in [1.54, 1.807) is 30.1 Å². The summed E-state index contributed by atoms with van der Waals surface area (Å²) < 4.78 is 13.9. The van der Waals surface area contributed by atoms with Crippen molar-refractivity contribution < 1.29 is 14.0 Å². The summed E-state index contributed by atoms with van der Waals surface area (Å²) in [6.45, 7) is 1.77. The summed E-state index contributed by atoms with van der Waals surface area (Å²) in [4.78, 5) is 32.0. The minimum absolute atomic E-state index is 0.0548. The van der Waals surface area contributed by atoms with Crippen LogP contribution in [-0.2, 0) is 9.59 Å². The van der Waals surface area contributed by atoms with Crippen molar-refractivity contribution in [3.05, 3.63) is 48.4 Å². The third kappa shape index (κ3) is 3.45. The highest BCUT2D eigenvalue weighted by Crippen LogP contribution is 2.31. The molecular weight excluding hydrogens is 323 g/mol. The van der Waals surface area contributed by atoms with Crippen molar-refractivity contribution >= 4 is 29.0 Å². The number of fused-ring (bicyclic) bond motifs is 1. The summed E-state index contributed by atoms with van der Waals surface area (Å²) in [6.07, 6.45) is 1.67. The number of carbonyl (C=O) groups excluding carboxylic acids is 2. The van der Waals surface area contributed by atoms with Gasteiger partial charge in [-0.15, -0.1) is 0 Å². The lowest BCUT2D eigenvalue weighted by atomic mass is 10.1. The van der Waals surface area contributed by atoms with Gasteiger partial charge in [0.25, 0.3) is 0 Å². The van der Waals surface area contributed by atoms with E-state index in [9.17, 15) is 14.0 Å². The van der Waals surface area contributed by atoms with E-state index in [-0.39, 0.29) is 36.6 Å². The molecule has 2 aromatic rings. The fraction of sp³-hybridized carbons (Fsp3) is 0.278. The van der Waals surface area contributed by atoms with Gasteiger partial charge in [-0.2, -0.15) is 0 Å². The summed E-state index contributed by atoms with van der Waals surface area (Å²) in [7, 11) is 1.61. The number of amides is 2. The molecule has 1 aliphatic heterocycles. The zero-order chi connectivity index (χ0) is 18.0. The molecule has 2 amide bonds. The summed E-state index contributed by atoms with van der Waals surface area (Å²) in [5.41, 5.74) is 1.23. The monoisotopic (exact) mass is 342 g/mol. The third-order valence-corrected chi connectivity index (χ3v) is 4.10. The SMILES string of the molecule is CC1CC(=O)Nc2ccccc2N1C(=O)CN(C)c1ncccc1F. The number of para-hydroxylation sites is 2. The number of rotatable bonds is 3. The summed E-state index contributed by atoms with van der Waals surface area (Å²) >= 11 is 0. The van der Waals surface area contributed by atoms with Crippen LogP contribution in [0.4, 0.5) is 21.6 Å². The maximum absolute atomic E-state index is 13.9. The highest BCUT2D eigenvalue weighted by Gasteiger charge is 2.30. The molecule has 0 radical (unpaired) electrons. The van der Waals surface area contributed by atoms with Crippen LogP contribution in [0.15, 0.2) is 42.6 Å². The molecule has 7 heteroatoms. The van der Waals surface area contributed by atoms with Crippen molar-refractivity contribution in [3.8, 4) is 0 Å². The molecule has 0 aliphatic carbocycles. The molecule has 1 unspecified atom stereocenters. The molecule has 0 saturated carbocycles. The molecule has 0 bridgehead atoms. The van der Waals surface area contributed by atoms with Crippen LogP contribution in [-0.4, -0.2) is 36.4 Å². The Hall–Kier alpha value is -2.96. The second-order valence-electron chi connectivity index (χ2n) is 6.05. The number of aromatic nitrogens is 1. The van der Waals surface area contributed by atoms with Crippen LogP contribution in [0.2, 0.25) is 0 Å². The van der Waals surface area contributed by atoms with E-state index >= 15 is 0 Å². The van der Waals surface area contributed by atoms with Crippen molar-refractivity contribution in [2.45, 2.75) is 19.4 Å². The molecule has 0 saturated heterocycles. The second kappa shape index (κ2) is 6.88. The lowest BCUT2D eigenvalue weighted by molar-refractivity contribution is -0.118. The molecular formula is C18H19FN4O2. The second-order valence-corrected chi connectivity index (χ2v) is 6.05. The Morgan fingerprint density at radius 3 is 2.88 bits per heavy atom. The van der Waals surface area contributed by atoms with Gasteiger partial charge in [-0.05, 0) is 31.2 Å². The number of hydrogen-bond acceptors (Lipinski definition) is 4. The van der Waals surface area contributed by atoms with Crippen molar-refractivity contribution in [1.82, 2.24) is 4.98 Å². The first kappa shape index (κ1) is 16.9. The number of benzene rings is 1. The number of halogens is 1. The van der Waals surface area contributed by atoms with Crippen LogP contribution >= 0.6 is 0 Å². The lowest BCUT2D eigenvalue weighted by Crippen LogP contribution is -2.44. The maximum Gasteiger partial charge on any atom is 0.246 e. The molecule has 1 aromatic carbocycles. The van der Waals surface area contributed by atoms with E-state index in [1.165, 1.54) is 23.2 Å². The van der Waals surface area contributed by atoms with Gasteiger partial charge in [0.05, 0.1) is 17.9 Å². The Kier molecular flexibility index (Phi) is 4.65. The molecule has 1 N–H and O–H groups in total. The van der Waals surface area contributed by atoms with Gasteiger partial charge in [0.15, 0.2) is 11.6 Å². The fourth-order valence-corrected chi connectivity index (χ4v) is 2.98. The van der Waals surface area contributed by atoms with E-state index in [0.29, 0.717) is 11.4 Å². The Bertz CT molecular complexity index is 811. The average Bonchev–Trinajstić information content (AvgIpc) is 2.69. The Morgan fingerprint density at radius 2 is 2.12 bits per heavy atom. The van der Waals surface area contributed by atoms with E-state index < -0.39 is 5.82 Å². The molecule has 2 heterocycles. The van der Waals surface area contributed by atoms with E-state index in [1.807, 2.05) is 13.0 Å². The van der Waals surface area contributed by atoms with Crippen LogP contribution in [0.5, 0.6) is 0 Å². The highest BCUT2D eigenvalue weighted by atomic mass is 19.1. The molecule has 0 spiro atoms. The molecule has 1 atom stereocenters. The first-order valence-electron chi connectivity index (χ1n) is 8.00. The quantitative estimate of drug-likeness (QED) is 0.930. The predicted molar refractivity (Wildman–Crippen MR) is 94.1 cm³/mol. The number of hydrogen-bond donors (Lipinski definition) is 1. The van der Waals surface area contributed by atoms with Crippen molar-refractivity contribution in [2.24, 2.45) is 0 Å². The highest BCUT2D eigenvalue weighted by molar-refractivity contribution is 6.05. The minimum atomic E-state index is -0.487. The first-order valence-corrected chi connectivity index (χ1v) is 8.00. The maximum atomic E-state index is 13.9. The van der Waals surface area contributed by atoms with Crippen LogP contribution < -0.4 is 15.1 Å². The van der Waals surface area contributed by atoms with Gasteiger partial charge in [-0.1, -0.05) is 12.1 Å². The minimum Gasteiger partial charge on any atom is -0.348 e. The van der Waals surface area contributed by atoms with Crippen molar-refractivity contribution in [1.29, 1.82) is 0 Å². The molecule has 6 nitrogen and oxygen atoms in total. The van der Waals surface area contributed by atoms with Gasteiger partial charge in [0, 0.05) is 25.7 Å². The normalized spacial score (nSPS) is 16.7. The Labute approximate surface area is 145 Å². The number of nitrogens with zero attached hydrogens (tertiary/aromatic N) is 3. The summed E-state index contributed by atoms with van der Waals surface area (Å²) in [6, 6.07) is 9.65. The fourth-order valence-electron chi connectivity index (χ4n) is 2.98. The van der Waals surface area contributed by atoms with E-state index in [2.05, 4.69) is 10.3 Å². The molecule has 25 heavy (non-hydrogen) atoms. The van der Waals surface area contributed by atoms with Crippen molar-refractivity contribution in [2.75, 3.05) is 28.7 Å². The van der Waals surface area contributed by atoms with Gasteiger partial charge >= 0.3 is 0 Å². The van der Waals surface area contributed by atoms with Gasteiger partial charge in [-0.3, -0.25) is 9.59 Å². The Balaban J connectivity index is 1.88. The topological polar surface area (TPSA) is 65.5 Å². The van der Waals surface area contributed by atoms with Crippen LogP contribution in [0.25, 0.3) is 0 Å². The first-order chi connectivity index (χ1) is 12.0. The number of nitrogens with one attached hydrogen (secondary N) is 1. The standard InChI is InChI=1S/C18H19FN4O2/c1-12-10-16(24)21-14-7-3-4-8-15(14)23(12)17(25)11-22(2)18-13(19)6-5-9-20-18/h3-9,12H,10-11H2,1-2H3,(H,21,24). The van der Waals surface area contributed by atoms with Crippen LogP contribution in [0, 0.1) is 5.82 Å². The van der Waals surface area contributed by atoms with E-state index in [0.717, 1.165) is 0 Å². The molecule has 130 valence electrons. The van der Waals surface area contributed by atoms with Crippen molar-refractivity contribution in [3.63, 3.8) is 0 Å². The number of carbonyl (C=O) groups is 2. The third-order valence-electron chi connectivity index (χ3n) is 4.10. The zero-order valence-corrected chi connectivity index (χ0v) is 14.1. The number of pyridine rings is 1. The van der Waals surface area contributed by atoms with Gasteiger partial charge in [0.1, 0.15) is 0 Å². The van der Waals surface area contributed by atoms with E-state index in [4.69, 9.17) is 0 Å². The van der Waals surface area contributed by atoms with Crippen LogP contribution in [0.3, 0.4) is 0 Å². The molecule has 0 fully saturated rings. The summed E-state index contributed by atoms with van der Waals surface area (Å²) in [5, 5.41) is 2.81. The lowest BCUT2D eigenvalue weighted by Gasteiger charge is -2.30. The van der Waals surface area contributed by atoms with Gasteiger partial charge in [-0.25, -0.2) is 9.37 Å². The zero-order valence-electron chi connectivity index (χ0n) is 14.1. The predicted octanol–water partition coefficient (Wildman–Crippen LogP) is 2.42.